The Morgan fingerprint density at radius 2 is 2.14 bits per heavy atom. The number of benzene rings is 1. The third-order valence-electron chi connectivity index (χ3n) is 3.16. The van der Waals surface area contributed by atoms with Crippen molar-refractivity contribution in [2.75, 3.05) is 5.32 Å². The number of carbonyl (C=O) groups is 1. The number of aryl methyl sites for hydroxylation is 1. The Hall–Kier alpha value is -2.21. The van der Waals surface area contributed by atoms with Crippen LogP contribution in [-0.4, -0.2) is 16.0 Å². The predicted molar refractivity (Wildman–Crippen MR) is 82.9 cm³/mol. The first-order chi connectivity index (χ1) is 10.0. The average molecular weight is 301 g/mol. The summed E-state index contributed by atoms with van der Waals surface area (Å²) in [6.45, 7) is 6.05. The molecular weight excluding hydrogens is 286 g/mol. The highest BCUT2D eigenvalue weighted by molar-refractivity contribution is 7.22. The number of aromatic nitrogens is 2. The molecule has 0 spiro atoms. The molecule has 0 saturated carbocycles. The first-order valence-electron chi connectivity index (χ1n) is 6.68. The normalized spacial score (nSPS) is 11.2. The molecule has 108 valence electrons. The summed E-state index contributed by atoms with van der Waals surface area (Å²) in [5.41, 5.74) is 2.40. The Balaban J connectivity index is 1.86. The van der Waals surface area contributed by atoms with Crippen molar-refractivity contribution in [3.05, 3.63) is 41.3 Å². The van der Waals surface area contributed by atoms with Gasteiger partial charge in [-0.1, -0.05) is 36.4 Å². The van der Waals surface area contributed by atoms with Crippen LogP contribution in [0.15, 0.2) is 28.8 Å². The number of rotatable bonds is 3. The van der Waals surface area contributed by atoms with Crippen molar-refractivity contribution < 1.29 is 9.32 Å². The highest BCUT2D eigenvalue weighted by Gasteiger charge is 2.14. The minimum Gasteiger partial charge on any atom is -0.361 e. The molecule has 0 aliphatic carbocycles. The summed E-state index contributed by atoms with van der Waals surface area (Å²) in [7, 11) is 0. The van der Waals surface area contributed by atoms with Gasteiger partial charge in [-0.15, -0.1) is 0 Å². The molecule has 0 atom stereocenters. The van der Waals surface area contributed by atoms with Crippen molar-refractivity contribution in [2.45, 2.75) is 26.7 Å². The van der Waals surface area contributed by atoms with Gasteiger partial charge in [0, 0.05) is 6.07 Å². The van der Waals surface area contributed by atoms with Crippen LogP contribution in [-0.2, 0) is 0 Å². The van der Waals surface area contributed by atoms with Crippen LogP contribution >= 0.6 is 11.3 Å². The Labute approximate surface area is 126 Å². The van der Waals surface area contributed by atoms with E-state index in [9.17, 15) is 4.79 Å². The topological polar surface area (TPSA) is 68.0 Å². The molecule has 3 rings (SSSR count). The van der Waals surface area contributed by atoms with Crippen molar-refractivity contribution in [3.8, 4) is 0 Å². The summed E-state index contributed by atoms with van der Waals surface area (Å²) >= 11 is 1.46. The van der Waals surface area contributed by atoms with Crippen LogP contribution in [0.1, 0.15) is 41.6 Å². The SMILES string of the molecule is Cc1cc(C(=O)Nc2nc3ccc(C(C)C)cc3s2)no1. The van der Waals surface area contributed by atoms with E-state index >= 15 is 0 Å². The molecule has 0 fully saturated rings. The fraction of sp³-hybridized carbons (Fsp3) is 0.267. The zero-order valence-corrected chi connectivity index (χ0v) is 12.8. The first kappa shape index (κ1) is 13.8. The Morgan fingerprint density at radius 3 is 2.81 bits per heavy atom. The lowest BCUT2D eigenvalue weighted by atomic mass is 10.0. The van der Waals surface area contributed by atoms with E-state index in [-0.39, 0.29) is 11.6 Å². The molecule has 0 aliphatic heterocycles. The molecule has 1 amide bonds. The Morgan fingerprint density at radius 1 is 1.33 bits per heavy atom. The number of anilines is 1. The number of thiazole rings is 1. The average Bonchev–Trinajstić information content (AvgIpc) is 3.03. The van der Waals surface area contributed by atoms with E-state index < -0.39 is 0 Å². The van der Waals surface area contributed by atoms with E-state index in [1.165, 1.54) is 16.9 Å². The Bertz CT molecular complexity index is 804. The van der Waals surface area contributed by atoms with Gasteiger partial charge >= 0.3 is 0 Å². The van der Waals surface area contributed by atoms with E-state index in [2.05, 4.69) is 41.4 Å². The molecule has 3 aromatic rings. The number of amides is 1. The van der Waals surface area contributed by atoms with E-state index in [1.807, 2.05) is 6.07 Å². The molecule has 0 unspecified atom stereocenters. The number of nitrogens with zero attached hydrogens (tertiary/aromatic N) is 2. The lowest BCUT2D eigenvalue weighted by Gasteiger charge is -2.03. The van der Waals surface area contributed by atoms with Crippen LogP contribution in [0.5, 0.6) is 0 Å². The molecule has 1 N–H and O–H groups in total. The summed E-state index contributed by atoms with van der Waals surface area (Å²) < 4.78 is 5.96. The van der Waals surface area contributed by atoms with Crippen LogP contribution in [0, 0.1) is 6.92 Å². The van der Waals surface area contributed by atoms with Gasteiger partial charge in [0.15, 0.2) is 10.8 Å². The third kappa shape index (κ3) is 2.80. The van der Waals surface area contributed by atoms with E-state index in [4.69, 9.17) is 4.52 Å². The Kier molecular flexibility index (Phi) is 3.47. The van der Waals surface area contributed by atoms with E-state index in [0.717, 1.165) is 10.2 Å². The number of hydrogen-bond donors (Lipinski definition) is 1. The van der Waals surface area contributed by atoms with Crippen LogP contribution in [0.3, 0.4) is 0 Å². The molecule has 0 aliphatic rings. The second-order valence-electron chi connectivity index (χ2n) is 5.18. The number of fused-ring (bicyclic) bond motifs is 1. The zero-order valence-electron chi connectivity index (χ0n) is 12.0. The third-order valence-corrected chi connectivity index (χ3v) is 4.09. The summed E-state index contributed by atoms with van der Waals surface area (Å²) in [5.74, 6) is 0.758. The number of carbonyl (C=O) groups excluding carboxylic acids is 1. The largest absolute Gasteiger partial charge is 0.361 e. The van der Waals surface area contributed by atoms with Crippen molar-refractivity contribution in [1.29, 1.82) is 0 Å². The first-order valence-corrected chi connectivity index (χ1v) is 7.50. The maximum absolute atomic E-state index is 12.0. The quantitative estimate of drug-likeness (QED) is 0.794. The molecule has 0 radical (unpaired) electrons. The van der Waals surface area contributed by atoms with E-state index in [0.29, 0.717) is 16.8 Å². The van der Waals surface area contributed by atoms with Gasteiger partial charge in [0.1, 0.15) is 5.76 Å². The molecule has 6 heteroatoms. The summed E-state index contributed by atoms with van der Waals surface area (Å²) in [6.07, 6.45) is 0. The molecular formula is C15H15N3O2S. The van der Waals surface area contributed by atoms with Crippen molar-refractivity contribution >= 4 is 32.6 Å². The smallest absolute Gasteiger partial charge is 0.279 e. The zero-order chi connectivity index (χ0) is 15.0. The molecule has 2 aromatic heterocycles. The molecule has 0 bridgehead atoms. The van der Waals surface area contributed by atoms with Crippen molar-refractivity contribution in [2.24, 2.45) is 0 Å². The van der Waals surface area contributed by atoms with Crippen LogP contribution in [0.4, 0.5) is 5.13 Å². The molecule has 0 saturated heterocycles. The van der Waals surface area contributed by atoms with Crippen molar-refractivity contribution in [1.82, 2.24) is 10.1 Å². The molecule has 21 heavy (non-hydrogen) atoms. The van der Waals surface area contributed by atoms with Crippen molar-refractivity contribution in [3.63, 3.8) is 0 Å². The molecule has 2 heterocycles. The van der Waals surface area contributed by atoms with Gasteiger partial charge < -0.3 is 4.52 Å². The summed E-state index contributed by atoms with van der Waals surface area (Å²) in [6, 6.07) is 7.77. The summed E-state index contributed by atoms with van der Waals surface area (Å²) in [4.78, 5) is 16.4. The van der Waals surface area contributed by atoms with Gasteiger partial charge in [0.2, 0.25) is 0 Å². The lowest BCUT2D eigenvalue weighted by molar-refractivity contribution is 0.101. The minimum atomic E-state index is -0.310. The van der Waals surface area contributed by atoms with Gasteiger partial charge in [0.25, 0.3) is 5.91 Å². The highest BCUT2D eigenvalue weighted by Crippen LogP contribution is 2.29. The fourth-order valence-electron chi connectivity index (χ4n) is 1.99. The maximum Gasteiger partial charge on any atom is 0.279 e. The molecule has 5 nitrogen and oxygen atoms in total. The predicted octanol–water partition coefficient (Wildman–Crippen LogP) is 3.97. The van der Waals surface area contributed by atoms with Gasteiger partial charge in [-0.25, -0.2) is 4.98 Å². The van der Waals surface area contributed by atoms with Gasteiger partial charge in [-0.2, -0.15) is 0 Å². The number of nitrogens with one attached hydrogen (secondary N) is 1. The second kappa shape index (κ2) is 5.29. The lowest BCUT2D eigenvalue weighted by Crippen LogP contribution is -2.11. The minimum absolute atomic E-state index is 0.259. The van der Waals surface area contributed by atoms with Gasteiger partial charge in [-0.05, 0) is 30.5 Å². The monoisotopic (exact) mass is 301 g/mol. The van der Waals surface area contributed by atoms with E-state index in [1.54, 1.807) is 13.0 Å². The van der Waals surface area contributed by atoms with Crippen LogP contribution in [0.25, 0.3) is 10.2 Å². The fourth-order valence-corrected chi connectivity index (χ4v) is 2.90. The van der Waals surface area contributed by atoms with Gasteiger partial charge in [-0.3, -0.25) is 10.1 Å². The summed E-state index contributed by atoms with van der Waals surface area (Å²) in [5, 5.41) is 7.01. The molecule has 1 aromatic carbocycles. The second-order valence-corrected chi connectivity index (χ2v) is 6.21. The van der Waals surface area contributed by atoms with Gasteiger partial charge in [0.05, 0.1) is 10.2 Å². The highest BCUT2D eigenvalue weighted by atomic mass is 32.1. The van der Waals surface area contributed by atoms with Crippen LogP contribution < -0.4 is 5.32 Å². The number of hydrogen-bond acceptors (Lipinski definition) is 5. The maximum atomic E-state index is 12.0. The van der Waals surface area contributed by atoms with Crippen LogP contribution in [0.2, 0.25) is 0 Å². The standard InChI is InChI=1S/C15H15N3O2S/c1-8(2)10-4-5-11-13(7-10)21-15(16-11)17-14(19)12-6-9(3)20-18-12/h4-8H,1-3H3,(H,16,17,19).